The zero-order chi connectivity index (χ0) is 18.9. The summed E-state index contributed by atoms with van der Waals surface area (Å²) in [5, 5.41) is 17.0. The van der Waals surface area contributed by atoms with E-state index in [9.17, 15) is 14.4 Å². The zero-order valence-corrected chi connectivity index (χ0v) is 15.1. The molecule has 0 saturated heterocycles. The van der Waals surface area contributed by atoms with Gasteiger partial charge in [0.15, 0.2) is 5.78 Å². The minimum atomic E-state index is -0.462. The van der Waals surface area contributed by atoms with Crippen LogP contribution < -0.4 is 16.0 Å². The molecule has 0 spiro atoms. The first-order chi connectivity index (χ1) is 12.0. The van der Waals surface area contributed by atoms with Crippen molar-refractivity contribution < 1.29 is 29.0 Å². The number of rotatable bonds is 16. The monoisotopic (exact) mass is 361 g/mol. The number of amides is 2. The van der Waals surface area contributed by atoms with Gasteiger partial charge in [-0.05, 0) is 26.3 Å². The molecule has 2 amide bonds. The summed E-state index contributed by atoms with van der Waals surface area (Å²) in [4.78, 5) is 33.5. The van der Waals surface area contributed by atoms with Gasteiger partial charge in [-0.15, -0.1) is 0 Å². The van der Waals surface area contributed by atoms with E-state index in [1.54, 1.807) is 7.05 Å². The van der Waals surface area contributed by atoms with Crippen LogP contribution in [-0.2, 0) is 23.9 Å². The molecule has 25 heavy (non-hydrogen) atoms. The molecule has 4 N–H and O–H groups in total. The van der Waals surface area contributed by atoms with Gasteiger partial charge in [0.25, 0.3) is 0 Å². The van der Waals surface area contributed by atoms with Crippen molar-refractivity contribution in [3.63, 3.8) is 0 Å². The van der Waals surface area contributed by atoms with Crippen LogP contribution in [0.4, 0.5) is 0 Å². The lowest BCUT2D eigenvalue weighted by Crippen LogP contribution is -2.36. The van der Waals surface area contributed by atoms with Crippen LogP contribution in [0.3, 0.4) is 0 Å². The van der Waals surface area contributed by atoms with Crippen LogP contribution in [0, 0.1) is 0 Å². The average molecular weight is 361 g/mol. The highest BCUT2D eigenvalue weighted by molar-refractivity contribution is 5.84. The SMILES string of the molecule is CN[C@@H](CCCCNC(=O)COCCOCCNC(C)=O)C(=O)CO. The molecule has 0 radical (unpaired) electrons. The Morgan fingerprint density at radius 1 is 1.00 bits per heavy atom. The second kappa shape index (κ2) is 15.9. The van der Waals surface area contributed by atoms with Crippen molar-refractivity contribution in [1.82, 2.24) is 16.0 Å². The van der Waals surface area contributed by atoms with Crippen molar-refractivity contribution in [2.45, 2.75) is 32.2 Å². The first kappa shape index (κ1) is 23.4. The van der Waals surface area contributed by atoms with Gasteiger partial charge in [-0.2, -0.15) is 0 Å². The Bertz CT molecular complexity index is 392. The minimum Gasteiger partial charge on any atom is -0.389 e. The molecule has 0 aliphatic carbocycles. The van der Waals surface area contributed by atoms with E-state index < -0.39 is 6.61 Å². The fourth-order valence-corrected chi connectivity index (χ4v) is 2.01. The normalized spacial score (nSPS) is 11.8. The van der Waals surface area contributed by atoms with Crippen molar-refractivity contribution in [1.29, 1.82) is 0 Å². The molecule has 0 rings (SSSR count). The lowest BCUT2D eigenvalue weighted by Gasteiger charge is -2.13. The van der Waals surface area contributed by atoms with E-state index in [0.717, 1.165) is 12.8 Å². The molecule has 0 bridgehead atoms. The molecule has 0 unspecified atom stereocenters. The van der Waals surface area contributed by atoms with E-state index in [2.05, 4.69) is 16.0 Å². The Morgan fingerprint density at radius 2 is 1.72 bits per heavy atom. The van der Waals surface area contributed by atoms with E-state index >= 15 is 0 Å². The Morgan fingerprint density at radius 3 is 2.36 bits per heavy atom. The molecular formula is C16H31N3O6. The average Bonchev–Trinajstić information content (AvgIpc) is 2.59. The van der Waals surface area contributed by atoms with Crippen LogP contribution >= 0.6 is 0 Å². The molecule has 0 saturated carbocycles. The largest absolute Gasteiger partial charge is 0.389 e. The lowest BCUT2D eigenvalue weighted by atomic mass is 10.1. The topological polar surface area (TPSA) is 126 Å². The van der Waals surface area contributed by atoms with E-state index in [0.29, 0.717) is 39.3 Å². The number of hydrogen-bond donors (Lipinski definition) is 4. The first-order valence-corrected chi connectivity index (χ1v) is 8.48. The van der Waals surface area contributed by atoms with Gasteiger partial charge in [-0.3, -0.25) is 14.4 Å². The van der Waals surface area contributed by atoms with Gasteiger partial charge < -0.3 is 30.5 Å². The van der Waals surface area contributed by atoms with E-state index in [4.69, 9.17) is 14.6 Å². The van der Waals surface area contributed by atoms with Gasteiger partial charge in [0.2, 0.25) is 11.8 Å². The number of ether oxygens (including phenoxy) is 2. The standard InChI is InChI=1S/C16H31N3O6/c1-13(21)18-7-8-24-9-10-25-12-16(23)19-6-4-3-5-14(17-2)15(22)11-20/h14,17,20H,3-12H2,1-2H3,(H,18,21)(H,19,23)/t14-/m0/s1. The van der Waals surface area contributed by atoms with Crippen LogP contribution in [0.2, 0.25) is 0 Å². The van der Waals surface area contributed by atoms with Crippen LogP contribution in [0.5, 0.6) is 0 Å². The summed E-state index contributed by atoms with van der Waals surface area (Å²) in [5.74, 6) is -0.521. The van der Waals surface area contributed by atoms with Crippen LogP contribution in [-0.4, -0.2) is 81.9 Å². The Kier molecular flexibility index (Phi) is 15.0. The molecular weight excluding hydrogens is 330 g/mol. The molecule has 0 heterocycles. The number of aliphatic hydroxyl groups excluding tert-OH is 1. The lowest BCUT2D eigenvalue weighted by molar-refractivity contribution is -0.126. The van der Waals surface area contributed by atoms with E-state index in [-0.39, 0.29) is 30.2 Å². The third kappa shape index (κ3) is 14.5. The molecule has 1 atom stereocenters. The third-order valence-corrected chi connectivity index (χ3v) is 3.36. The maximum absolute atomic E-state index is 11.5. The fourth-order valence-electron chi connectivity index (χ4n) is 2.01. The summed E-state index contributed by atoms with van der Waals surface area (Å²) in [6.07, 6.45) is 2.13. The smallest absolute Gasteiger partial charge is 0.245 e. The van der Waals surface area contributed by atoms with Crippen molar-refractivity contribution in [2.24, 2.45) is 0 Å². The van der Waals surface area contributed by atoms with Gasteiger partial charge in [-0.1, -0.05) is 0 Å². The number of unbranched alkanes of at least 4 members (excludes halogenated alkanes) is 1. The highest BCUT2D eigenvalue weighted by Gasteiger charge is 2.14. The summed E-state index contributed by atoms with van der Waals surface area (Å²) >= 11 is 0. The van der Waals surface area contributed by atoms with E-state index in [1.165, 1.54) is 6.92 Å². The van der Waals surface area contributed by atoms with Gasteiger partial charge in [0.05, 0.1) is 25.9 Å². The number of likely N-dealkylation sites (N-methyl/N-ethyl adjacent to an activating group) is 1. The highest BCUT2D eigenvalue weighted by Crippen LogP contribution is 2.01. The summed E-state index contributed by atoms with van der Waals surface area (Å²) in [6, 6.07) is -0.338. The van der Waals surface area contributed by atoms with Gasteiger partial charge in [0.1, 0.15) is 13.2 Å². The molecule has 0 aromatic carbocycles. The summed E-state index contributed by atoms with van der Waals surface area (Å²) in [7, 11) is 1.68. The first-order valence-electron chi connectivity index (χ1n) is 8.48. The predicted octanol–water partition coefficient (Wildman–Crippen LogP) is -1.41. The number of Topliss-reactive ketones (excluding diaryl/α,β-unsaturated/α-hetero) is 1. The Hall–Kier alpha value is -1.55. The second-order valence-corrected chi connectivity index (χ2v) is 5.46. The molecule has 0 aromatic rings. The number of hydrogen-bond acceptors (Lipinski definition) is 7. The summed E-state index contributed by atoms with van der Waals surface area (Å²) in [6.45, 7) is 2.98. The van der Waals surface area contributed by atoms with Crippen molar-refractivity contribution in [3.8, 4) is 0 Å². The number of nitrogens with one attached hydrogen (secondary N) is 3. The number of carbonyl (C=O) groups excluding carboxylic acids is 3. The molecule has 9 heteroatoms. The Balaban J connectivity index is 3.44. The maximum Gasteiger partial charge on any atom is 0.245 e. The molecule has 0 aliphatic heterocycles. The molecule has 0 fully saturated rings. The fraction of sp³-hybridized carbons (Fsp3) is 0.812. The third-order valence-electron chi connectivity index (χ3n) is 3.36. The number of ketones is 1. The van der Waals surface area contributed by atoms with Crippen molar-refractivity contribution in [2.75, 3.05) is 53.2 Å². The Labute approximate surface area is 148 Å². The van der Waals surface area contributed by atoms with E-state index in [1.807, 2.05) is 0 Å². The maximum atomic E-state index is 11.5. The van der Waals surface area contributed by atoms with Gasteiger partial charge in [-0.25, -0.2) is 0 Å². The molecule has 9 nitrogen and oxygen atoms in total. The zero-order valence-electron chi connectivity index (χ0n) is 15.1. The second-order valence-electron chi connectivity index (χ2n) is 5.46. The number of carbonyl (C=O) groups is 3. The van der Waals surface area contributed by atoms with Crippen LogP contribution in [0.1, 0.15) is 26.2 Å². The number of aliphatic hydroxyl groups is 1. The molecule has 146 valence electrons. The highest BCUT2D eigenvalue weighted by atomic mass is 16.5. The molecule has 0 aromatic heterocycles. The predicted molar refractivity (Wildman–Crippen MR) is 92.1 cm³/mol. The van der Waals surface area contributed by atoms with Crippen LogP contribution in [0.15, 0.2) is 0 Å². The van der Waals surface area contributed by atoms with Gasteiger partial charge >= 0.3 is 0 Å². The summed E-state index contributed by atoms with van der Waals surface area (Å²) < 4.78 is 10.4. The molecule has 0 aliphatic rings. The minimum absolute atomic E-state index is 0.0306. The summed E-state index contributed by atoms with van der Waals surface area (Å²) in [5.41, 5.74) is 0. The van der Waals surface area contributed by atoms with Crippen LogP contribution in [0.25, 0.3) is 0 Å². The van der Waals surface area contributed by atoms with Crippen molar-refractivity contribution >= 4 is 17.6 Å². The quantitative estimate of drug-likeness (QED) is 0.249. The van der Waals surface area contributed by atoms with Crippen molar-refractivity contribution in [3.05, 3.63) is 0 Å². The van der Waals surface area contributed by atoms with Gasteiger partial charge in [0, 0.05) is 20.0 Å².